The summed E-state index contributed by atoms with van der Waals surface area (Å²) in [5, 5.41) is 0.610. The highest BCUT2D eigenvalue weighted by Crippen LogP contribution is 2.31. The average Bonchev–Trinajstić information content (AvgIpc) is 2.79. The van der Waals surface area contributed by atoms with Crippen molar-refractivity contribution in [1.29, 1.82) is 0 Å². The van der Waals surface area contributed by atoms with Crippen LogP contribution < -0.4 is 9.80 Å². The van der Waals surface area contributed by atoms with E-state index in [-0.39, 0.29) is 5.91 Å². The van der Waals surface area contributed by atoms with Crippen molar-refractivity contribution in [2.45, 2.75) is 6.42 Å². The van der Waals surface area contributed by atoms with Crippen LogP contribution in [0, 0.1) is 0 Å². The standard InChI is InChI=1S/C19H17ClN4O/c1-23-11-4-12-24(19(25)13-7-9-14(20)10-8-13)18-17(23)21-15-5-2-3-6-16(15)22-18/h2-3,5-10H,4,11-12H2,1H3. The maximum atomic E-state index is 13.1. The van der Waals surface area contributed by atoms with Gasteiger partial charge in [-0.05, 0) is 42.8 Å². The molecule has 0 aliphatic carbocycles. The highest BCUT2D eigenvalue weighted by Gasteiger charge is 2.27. The number of hydrogen-bond donors (Lipinski definition) is 0. The molecule has 0 saturated carbocycles. The van der Waals surface area contributed by atoms with Crippen molar-refractivity contribution < 1.29 is 4.79 Å². The Hall–Kier alpha value is -2.66. The number of fused-ring (bicyclic) bond motifs is 2. The fourth-order valence-electron chi connectivity index (χ4n) is 3.04. The molecule has 0 unspecified atom stereocenters. The summed E-state index contributed by atoms with van der Waals surface area (Å²) in [4.78, 5) is 26.3. The van der Waals surface area contributed by atoms with Gasteiger partial charge in [0.15, 0.2) is 11.6 Å². The Morgan fingerprint density at radius 1 is 0.960 bits per heavy atom. The van der Waals surface area contributed by atoms with Gasteiger partial charge < -0.3 is 4.90 Å². The molecule has 6 heteroatoms. The summed E-state index contributed by atoms with van der Waals surface area (Å²) < 4.78 is 0. The highest BCUT2D eigenvalue weighted by molar-refractivity contribution is 6.30. The van der Waals surface area contributed by atoms with E-state index < -0.39 is 0 Å². The van der Waals surface area contributed by atoms with Crippen LogP contribution in [-0.4, -0.2) is 36.0 Å². The molecule has 0 radical (unpaired) electrons. The molecule has 25 heavy (non-hydrogen) atoms. The lowest BCUT2D eigenvalue weighted by Gasteiger charge is -2.23. The van der Waals surface area contributed by atoms with Gasteiger partial charge in [-0.3, -0.25) is 9.69 Å². The number of para-hydroxylation sites is 2. The largest absolute Gasteiger partial charge is 0.357 e. The minimum atomic E-state index is -0.0854. The maximum absolute atomic E-state index is 13.1. The molecule has 1 aliphatic rings. The summed E-state index contributed by atoms with van der Waals surface area (Å²) in [6.45, 7) is 1.43. The van der Waals surface area contributed by atoms with Crippen molar-refractivity contribution in [3.63, 3.8) is 0 Å². The van der Waals surface area contributed by atoms with Gasteiger partial charge in [-0.1, -0.05) is 23.7 Å². The lowest BCUT2D eigenvalue weighted by atomic mass is 10.2. The number of carbonyl (C=O) groups excluding carboxylic acids is 1. The summed E-state index contributed by atoms with van der Waals surface area (Å²) in [6, 6.07) is 14.7. The van der Waals surface area contributed by atoms with Crippen LogP contribution in [0.3, 0.4) is 0 Å². The molecule has 0 atom stereocenters. The molecule has 2 aromatic carbocycles. The summed E-state index contributed by atoms with van der Waals surface area (Å²) >= 11 is 5.94. The van der Waals surface area contributed by atoms with E-state index in [1.807, 2.05) is 31.3 Å². The van der Waals surface area contributed by atoms with E-state index in [9.17, 15) is 4.79 Å². The van der Waals surface area contributed by atoms with Crippen molar-refractivity contribution in [1.82, 2.24) is 9.97 Å². The zero-order chi connectivity index (χ0) is 17.4. The minimum absolute atomic E-state index is 0.0854. The summed E-state index contributed by atoms with van der Waals surface area (Å²) in [5.74, 6) is 1.26. The van der Waals surface area contributed by atoms with E-state index in [1.54, 1.807) is 29.2 Å². The molecular formula is C19H17ClN4O. The van der Waals surface area contributed by atoms with Crippen molar-refractivity contribution in [2.24, 2.45) is 0 Å². The van der Waals surface area contributed by atoms with E-state index in [4.69, 9.17) is 21.6 Å². The number of halogens is 1. The molecule has 0 saturated heterocycles. The monoisotopic (exact) mass is 352 g/mol. The second-order valence-electron chi connectivity index (χ2n) is 6.10. The second-order valence-corrected chi connectivity index (χ2v) is 6.53. The SMILES string of the molecule is CN1CCCN(C(=O)c2ccc(Cl)cc2)c2nc3ccccc3nc21. The van der Waals surface area contributed by atoms with E-state index in [0.29, 0.717) is 22.9 Å². The number of nitrogens with zero attached hydrogens (tertiary/aromatic N) is 4. The highest BCUT2D eigenvalue weighted by atomic mass is 35.5. The fourth-order valence-corrected chi connectivity index (χ4v) is 3.17. The molecule has 0 N–H and O–H groups in total. The maximum Gasteiger partial charge on any atom is 0.259 e. The zero-order valence-electron chi connectivity index (χ0n) is 13.8. The second kappa shape index (κ2) is 6.33. The first kappa shape index (κ1) is 15.8. The molecule has 3 aromatic rings. The molecule has 0 fully saturated rings. The van der Waals surface area contributed by atoms with Gasteiger partial charge in [0, 0.05) is 30.7 Å². The van der Waals surface area contributed by atoms with Crippen molar-refractivity contribution >= 4 is 40.2 Å². The van der Waals surface area contributed by atoms with E-state index in [1.165, 1.54) is 0 Å². The normalized spacial score (nSPS) is 14.3. The number of aromatic nitrogens is 2. The van der Waals surface area contributed by atoms with Crippen LogP contribution in [0.4, 0.5) is 11.6 Å². The van der Waals surface area contributed by atoms with E-state index in [2.05, 4.69) is 4.90 Å². The Morgan fingerprint density at radius 3 is 2.28 bits per heavy atom. The van der Waals surface area contributed by atoms with Crippen LogP contribution >= 0.6 is 11.6 Å². The number of rotatable bonds is 1. The summed E-state index contributed by atoms with van der Waals surface area (Å²) in [7, 11) is 1.98. The molecule has 1 aromatic heterocycles. The lowest BCUT2D eigenvalue weighted by molar-refractivity contribution is 0.0986. The van der Waals surface area contributed by atoms with Gasteiger partial charge in [0.2, 0.25) is 0 Å². The Bertz CT molecular complexity index is 942. The van der Waals surface area contributed by atoms with Crippen molar-refractivity contribution in [2.75, 3.05) is 29.9 Å². The van der Waals surface area contributed by atoms with Gasteiger partial charge in [-0.15, -0.1) is 0 Å². The zero-order valence-corrected chi connectivity index (χ0v) is 14.6. The van der Waals surface area contributed by atoms with Crippen LogP contribution in [0.15, 0.2) is 48.5 Å². The summed E-state index contributed by atoms with van der Waals surface area (Å²) in [6.07, 6.45) is 0.851. The van der Waals surface area contributed by atoms with Gasteiger partial charge in [-0.2, -0.15) is 0 Å². The molecule has 5 nitrogen and oxygen atoms in total. The van der Waals surface area contributed by atoms with Crippen molar-refractivity contribution in [3.05, 3.63) is 59.1 Å². The van der Waals surface area contributed by atoms with Crippen LogP contribution in [0.5, 0.6) is 0 Å². The smallest absolute Gasteiger partial charge is 0.259 e. The molecule has 4 rings (SSSR count). The third-order valence-electron chi connectivity index (χ3n) is 4.36. The molecule has 0 bridgehead atoms. The first-order valence-corrected chi connectivity index (χ1v) is 8.56. The Kier molecular flexibility index (Phi) is 4.01. The third kappa shape index (κ3) is 2.91. The first-order valence-electron chi connectivity index (χ1n) is 8.19. The summed E-state index contributed by atoms with van der Waals surface area (Å²) in [5.41, 5.74) is 2.20. The number of hydrogen-bond acceptors (Lipinski definition) is 4. The Balaban J connectivity index is 1.84. The number of anilines is 2. The Morgan fingerprint density at radius 2 is 1.60 bits per heavy atom. The van der Waals surface area contributed by atoms with Crippen molar-refractivity contribution in [3.8, 4) is 0 Å². The van der Waals surface area contributed by atoms with Crippen LogP contribution in [-0.2, 0) is 0 Å². The van der Waals surface area contributed by atoms with Crippen LogP contribution in [0.1, 0.15) is 16.8 Å². The molecule has 1 aliphatic heterocycles. The number of carbonyl (C=O) groups is 1. The van der Waals surface area contributed by atoms with E-state index >= 15 is 0 Å². The molecular weight excluding hydrogens is 336 g/mol. The molecule has 126 valence electrons. The first-order chi connectivity index (χ1) is 12.1. The van der Waals surface area contributed by atoms with Gasteiger partial charge in [-0.25, -0.2) is 9.97 Å². The quantitative estimate of drug-likeness (QED) is 0.669. The topological polar surface area (TPSA) is 49.3 Å². The van der Waals surface area contributed by atoms with Crippen LogP contribution in [0.25, 0.3) is 11.0 Å². The van der Waals surface area contributed by atoms with Gasteiger partial charge in [0.05, 0.1) is 11.0 Å². The molecule has 1 amide bonds. The van der Waals surface area contributed by atoms with Gasteiger partial charge in [0.1, 0.15) is 0 Å². The van der Waals surface area contributed by atoms with Gasteiger partial charge >= 0.3 is 0 Å². The average molecular weight is 353 g/mol. The van der Waals surface area contributed by atoms with Gasteiger partial charge in [0.25, 0.3) is 5.91 Å². The number of amides is 1. The molecule has 2 heterocycles. The lowest BCUT2D eigenvalue weighted by Crippen LogP contribution is -2.32. The van der Waals surface area contributed by atoms with E-state index in [0.717, 1.165) is 29.8 Å². The fraction of sp³-hybridized carbons (Fsp3) is 0.211. The predicted molar refractivity (Wildman–Crippen MR) is 101 cm³/mol. The third-order valence-corrected chi connectivity index (χ3v) is 4.62. The number of benzene rings is 2. The minimum Gasteiger partial charge on any atom is -0.357 e. The molecule has 0 spiro atoms. The predicted octanol–water partition coefficient (Wildman–Crippen LogP) is 3.77. The van der Waals surface area contributed by atoms with Crippen LogP contribution in [0.2, 0.25) is 5.02 Å². The Labute approximate surface area is 150 Å².